The van der Waals surface area contributed by atoms with Crippen molar-refractivity contribution in [3.05, 3.63) is 88.1 Å². The first kappa shape index (κ1) is 20.2. The zero-order chi connectivity index (χ0) is 22.0. The standard InChI is InChI=1S/C25H21N4O2/c1-25(2,3)31-20-9-6-17(7-10-20)4-5-18-12-13-27-22(14-18)24-28-21-15-19(16-26)8-11-23(21)29(24)30/h4-15H,1-3H3/q+1/b5-4+. The van der Waals surface area contributed by atoms with Crippen LogP contribution >= 0.6 is 0 Å². The third-order valence-corrected chi connectivity index (χ3v) is 4.53. The molecular weight excluding hydrogens is 388 g/mol. The van der Waals surface area contributed by atoms with Gasteiger partial charge in [-0.15, -0.1) is 0 Å². The summed E-state index contributed by atoms with van der Waals surface area (Å²) in [5.74, 6) is 1.04. The molecule has 2 heterocycles. The number of rotatable bonds is 4. The molecule has 4 rings (SSSR count). The lowest BCUT2D eigenvalue weighted by Crippen LogP contribution is -2.22. The summed E-state index contributed by atoms with van der Waals surface area (Å²) in [5, 5.41) is 9.05. The molecule has 0 spiro atoms. The Bertz CT molecular complexity index is 1260. The Labute approximate surface area is 180 Å². The molecule has 0 aliphatic carbocycles. The maximum Gasteiger partial charge on any atom is 0.393 e. The second-order valence-corrected chi connectivity index (χ2v) is 8.14. The highest BCUT2D eigenvalue weighted by molar-refractivity contribution is 5.98. The lowest BCUT2D eigenvalue weighted by molar-refractivity contribution is -0.324. The summed E-state index contributed by atoms with van der Waals surface area (Å²) in [7, 11) is 0. The molecule has 0 N–H and O–H groups in total. The van der Waals surface area contributed by atoms with Crippen LogP contribution in [0, 0.1) is 16.2 Å². The van der Waals surface area contributed by atoms with E-state index in [0.717, 1.165) is 21.6 Å². The minimum Gasteiger partial charge on any atom is -0.488 e. The number of amidine groups is 1. The number of nitroso groups, excluding NO2 is 1. The average Bonchev–Trinajstić information content (AvgIpc) is 3.08. The zero-order valence-corrected chi connectivity index (χ0v) is 17.5. The van der Waals surface area contributed by atoms with Crippen LogP contribution in [-0.4, -0.2) is 21.2 Å². The van der Waals surface area contributed by atoms with Gasteiger partial charge in [0.25, 0.3) is 0 Å². The molecule has 152 valence electrons. The number of hydrogen-bond acceptors (Lipinski definition) is 5. The Balaban J connectivity index is 1.54. The Kier molecular flexibility index (Phi) is 5.18. The van der Waals surface area contributed by atoms with E-state index >= 15 is 0 Å². The van der Waals surface area contributed by atoms with Gasteiger partial charge in [0.2, 0.25) is 11.4 Å². The normalized spacial score (nSPS) is 13.1. The van der Waals surface area contributed by atoms with Crippen LogP contribution in [-0.2, 0) is 0 Å². The molecule has 0 atom stereocenters. The predicted molar refractivity (Wildman–Crippen MR) is 121 cm³/mol. The molecule has 0 amide bonds. The van der Waals surface area contributed by atoms with Gasteiger partial charge in [0.05, 0.1) is 11.6 Å². The molecule has 0 saturated heterocycles. The second-order valence-electron chi connectivity index (χ2n) is 8.14. The molecule has 6 nitrogen and oxygen atoms in total. The van der Waals surface area contributed by atoms with Crippen molar-refractivity contribution in [3.8, 4) is 11.8 Å². The maximum absolute atomic E-state index is 12.7. The van der Waals surface area contributed by atoms with Crippen LogP contribution in [0.5, 0.6) is 5.75 Å². The fourth-order valence-corrected chi connectivity index (χ4v) is 3.16. The van der Waals surface area contributed by atoms with E-state index in [-0.39, 0.29) is 11.4 Å². The number of aromatic nitrogens is 1. The van der Waals surface area contributed by atoms with Gasteiger partial charge in [-0.25, -0.2) is 4.98 Å². The van der Waals surface area contributed by atoms with Crippen LogP contribution < -0.4 is 4.74 Å². The third kappa shape index (κ3) is 4.57. The fraction of sp³-hybridized carbons (Fsp3) is 0.160. The van der Waals surface area contributed by atoms with Gasteiger partial charge in [0.15, 0.2) is 5.69 Å². The van der Waals surface area contributed by atoms with Crippen LogP contribution in [0.15, 0.2) is 65.8 Å². The Morgan fingerprint density at radius 2 is 1.74 bits per heavy atom. The first-order chi connectivity index (χ1) is 14.8. The summed E-state index contributed by atoms with van der Waals surface area (Å²) in [6, 6.07) is 18.4. The molecule has 1 aliphatic rings. The van der Waals surface area contributed by atoms with Crippen LogP contribution in [0.4, 0.5) is 11.4 Å². The van der Waals surface area contributed by atoms with Crippen molar-refractivity contribution in [1.29, 1.82) is 5.26 Å². The van der Waals surface area contributed by atoms with Gasteiger partial charge in [-0.05, 0) is 73.3 Å². The average molecular weight is 409 g/mol. The Morgan fingerprint density at radius 3 is 2.45 bits per heavy atom. The van der Waals surface area contributed by atoms with Crippen molar-refractivity contribution in [3.63, 3.8) is 0 Å². The SMILES string of the molecule is CC(C)(C)Oc1ccc(/C=C/c2ccnc(C3=Nc4cc(C#N)ccc4[N+]3=O)c2)cc1. The summed E-state index contributed by atoms with van der Waals surface area (Å²) < 4.78 is 6.60. The molecule has 3 aromatic rings. The second kappa shape index (κ2) is 7.96. The van der Waals surface area contributed by atoms with Gasteiger partial charge in [-0.3, -0.25) is 0 Å². The largest absolute Gasteiger partial charge is 0.488 e. The number of ether oxygens (including phenoxy) is 1. The van der Waals surface area contributed by atoms with E-state index in [1.165, 1.54) is 0 Å². The van der Waals surface area contributed by atoms with E-state index < -0.39 is 0 Å². The first-order valence-corrected chi connectivity index (χ1v) is 9.86. The van der Waals surface area contributed by atoms with Gasteiger partial charge in [-0.1, -0.05) is 29.2 Å². The molecule has 1 aliphatic heterocycles. The number of nitriles is 1. The van der Waals surface area contributed by atoms with E-state index in [9.17, 15) is 4.91 Å². The highest BCUT2D eigenvalue weighted by atomic mass is 16.5. The number of nitrogens with zero attached hydrogens (tertiary/aromatic N) is 4. The number of hydrogen-bond donors (Lipinski definition) is 0. The minimum atomic E-state index is -0.237. The van der Waals surface area contributed by atoms with Crippen molar-refractivity contribution in [2.24, 2.45) is 4.99 Å². The first-order valence-electron chi connectivity index (χ1n) is 9.86. The maximum atomic E-state index is 12.7. The smallest absolute Gasteiger partial charge is 0.393 e. The van der Waals surface area contributed by atoms with E-state index in [2.05, 4.69) is 16.0 Å². The summed E-state index contributed by atoms with van der Waals surface area (Å²) >= 11 is 0. The van der Waals surface area contributed by atoms with E-state index in [1.54, 1.807) is 24.4 Å². The molecule has 1 aromatic heterocycles. The monoisotopic (exact) mass is 409 g/mol. The van der Waals surface area contributed by atoms with Crippen molar-refractivity contribution in [1.82, 2.24) is 4.98 Å². The molecule has 0 unspecified atom stereocenters. The Morgan fingerprint density at radius 1 is 1.00 bits per heavy atom. The molecule has 0 saturated carbocycles. The number of benzene rings is 2. The van der Waals surface area contributed by atoms with Gasteiger partial charge >= 0.3 is 5.84 Å². The van der Waals surface area contributed by atoms with Crippen molar-refractivity contribution < 1.29 is 9.50 Å². The van der Waals surface area contributed by atoms with Crippen molar-refractivity contribution in [2.45, 2.75) is 26.4 Å². The number of aliphatic imine (C=N–C) groups is 1. The van der Waals surface area contributed by atoms with Crippen LogP contribution in [0.3, 0.4) is 0 Å². The van der Waals surface area contributed by atoms with Gasteiger partial charge in [-0.2, -0.15) is 5.26 Å². The van der Waals surface area contributed by atoms with Crippen LogP contribution in [0.1, 0.15) is 43.2 Å². The number of fused-ring (bicyclic) bond motifs is 1. The van der Waals surface area contributed by atoms with Crippen LogP contribution in [0.25, 0.3) is 12.2 Å². The summed E-state index contributed by atoms with van der Waals surface area (Å²) in [6.45, 7) is 6.04. The highest BCUT2D eigenvalue weighted by Gasteiger charge is 2.36. The third-order valence-electron chi connectivity index (χ3n) is 4.53. The lowest BCUT2D eigenvalue weighted by Gasteiger charge is -2.21. The quantitative estimate of drug-likeness (QED) is 0.510. The van der Waals surface area contributed by atoms with Crippen molar-refractivity contribution >= 4 is 29.4 Å². The lowest BCUT2D eigenvalue weighted by atomic mass is 10.1. The Hall–Kier alpha value is -4.11. The molecule has 31 heavy (non-hydrogen) atoms. The zero-order valence-electron chi connectivity index (χ0n) is 17.5. The van der Waals surface area contributed by atoms with Crippen molar-refractivity contribution in [2.75, 3.05) is 0 Å². The molecular formula is C25H21N4O2+. The van der Waals surface area contributed by atoms with E-state index in [0.29, 0.717) is 22.6 Å². The summed E-state index contributed by atoms with van der Waals surface area (Å²) in [5.41, 5.74) is 3.50. The summed E-state index contributed by atoms with van der Waals surface area (Å²) in [6.07, 6.45) is 5.59. The minimum absolute atomic E-state index is 0.212. The van der Waals surface area contributed by atoms with E-state index in [1.807, 2.05) is 69.3 Å². The molecule has 2 aromatic carbocycles. The van der Waals surface area contributed by atoms with Crippen LogP contribution in [0.2, 0.25) is 0 Å². The topological polar surface area (TPSA) is 78.3 Å². The highest BCUT2D eigenvalue weighted by Crippen LogP contribution is 2.35. The summed E-state index contributed by atoms with van der Waals surface area (Å²) in [4.78, 5) is 21.3. The van der Waals surface area contributed by atoms with Gasteiger partial charge < -0.3 is 4.74 Å². The van der Waals surface area contributed by atoms with Gasteiger partial charge in [0, 0.05) is 17.0 Å². The van der Waals surface area contributed by atoms with Gasteiger partial charge in [0.1, 0.15) is 11.4 Å². The fourth-order valence-electron chi connectivity index (χ4n) is 3.16. The predicted octanol–water partition coefficient (Wildman–Crippen LogP) is 5.80. The number of pyridine rings is 1. The molecule has 6 heteroatoms. The molecule has 0 radical (unpaired) electrons. The molecule has 0 fully saturated rings. The molecule has 0 bridgehead atoms. The van der Waals surface area contributed by atoms with E-state index in [4.69, 9.17) is 10.00 Å².